The second-order valence-corrected chi connectivity index (χ2v) is 4.62. The Balaban J connectivity index is 2.00. The number of amides is 1. The van der Waals surface area contributed by atoms with Gasteiger partial charge in [0.1, 0.15) is 0 Å². The Morgan fingerprint density at radius 3 is 3.11 bits per heavy atom. The Bertz CT molecular complexity index is 432. The molecule has 1 heterocycles. The third-order valence-electron chi connectivity index (χ3n) is 3.26. The molecule has 4 heteroatoms. The van der Waals surface area contributed by atoms with Gasteiger partial charge >= 0.3 is 0 Å². The van der Waals surface area contributed by atoms with Gasteiger partial charge in [0.25, 0.3) is 5.91 Å². The Labute approximate surface area is 108 Å². The lowest BCUT2D eigenvalue weighted by molar-refractivity contribution is 0.0779. The summed E-state index contributed by atoms with van der Waals surface area (Å²) in [6.07, 6.45) is 1.91. The Kier molecular flexibility index (Phi) is 4.20. The molecule has 98 valence electrons. The molecule has 1 aromatic rings. The highest BCUT2D eigenvalue weighted by molar-refractivity contribution is 5.95. The van der Waals surface area contributed by atoms with Crippen LogP contribution in [0.2, 0.25) is 0 Å². The van der Waals surface area contributed by atoms with E-state index in [0.29, 0.717) is 6.61 Å². The van der Waals surface area contributed by atoms with Crippen LogP contribution in [0.5, 0.6) is 0 Å². The lowest BCUT2D eigenvalue weighted by Crippen LogP contribution is -2.28. The number of nitrogens with zero attached hydrogens (tertiary/aromatic N) is 1. The van der Waals surface area contributed by atoms with Crippen LogP contribution in [-0.4, -0.2) is 44.7 Å². The first-order valence-corrected chi connectivity index (χ1v) is 6.33. The van der Waals surface area contributed by atoms with Gasteiger partial charge in [-0.3, -0.25) is 4.79 Å². The number of anilines is 1. The maximum Gasteiger partial charge on any atom is 0.253 e. The molecule has 1 N–H and O–H groups in total. The molecule has 1 aliphatic heterocycles. The van der Waals surface area contributed by atoms with Crippen molar-refractivity contribution in [2.75, 3.05) is 39.2 Å². The number of fused-ring (bicyclic) bond motifs is 1. The van der Waals surface area contributed by atoms with E-state index in [1.54, 1.807) is 12.0 Å². The van der Waals surface area contributed by atoms with Crippen LogP contribution in [0, 0.1) is 0 Å². The summed E-state index contributed by atoms with van der Waals surface area (Å²) in [5.74, 6) is 0.0719. The summed E-state index contributed by atoms with van der Waals surface area (Å²) >= 11 is 0. The first-order valence-electron chi connectivity index (χ1n) is 6.33. The number of carbonyl (C=O) groups excluding carboxylic acids is 1. The molecule has 18 heavy (non-hydrogen) atoms. The zero-order chi connectivity index (χ0) is 13.0. The molecule has 0 saturated heterocycles. The largest absolute Gasteiger partial charge is 0.385 e. The molecule has 0 atom stereocenters. The molecule has 0 radical (unpaired) electrons. The lowest BCUT2D eigenvalue weighted by atomic mass is 10.1. The smallest absolute Gasteiger partial charge is 0.253 e. The third kappa shape index (κ3) is 2.82. The van der Waals surface area contributed by atoms with E-state index in [-0.39, 0.29) is 5.91 Å². The van der Waals surface area contributed by atoms with Crippen molar-refractivity contribution in [3.63, 3.8) is 0 Å². The van der Waals surface area contributed by atoms with E-state index in [0.717, 1.165) is 37.2 Å². The van der Waals surface area contributed by atoms with E-state index in [1.165, 1.54) is 5.56 Å². The molecule has 1 amide bonds. The van der Waals surface area contributed by atoms with Crippen molar-refractivity contribution in [1.82, 2.24) is 4.90 Å². The predicted molar refractivity (Wildman–Crippen MR) is 72.1 cm³/mol. The highest BCUT2D eigenvalue weighted by Crippen LogP contribution is 2.23. The zero-order valence-electron chi connectivity index (χ0n) is 11.0. The third-order valence-corrected chi connectivity index (χ3v) is 3.26. The van der Waals surface area contributed by atoms with Gasteiger partial charge in [0.15, 0.2) is 0 Å². The van der Waals surface area contributed by atoms with E-state index in [4.69, 9.17) is 4.74 Å². The SMILES string of the molecule is COCCCN(C)C(=O)c1ccc2c(c1)NCC2. The number of ether oxygens (including phenoxy) is 1. The van der Waals surface area contributed by atoms with Crippen LogP contribution in [0.3, 0.4) is 0 Å². The van der Waals surface area contributed by atoms with Gasteiger partial charge in [-0.2, -0.15) is 0 Å². The molecule has 0 aliphatic carbocycles. The van der Waals surface area contributed by atoms with Crippen molar-refractivity contribution in [3.8, 4) is 0 Å². The van der Waals surface area contributed by atoms with Crippen molar-refractivity contribution >= 4 is 11.6 Å². The summed E-state index contributed by atoms with van der Waals surface area (Å²) in [4.78, 5) is 13.9. The number of benzene rings is 1. The lowest BCUT2D eigenvalue weighted by Gasteiger charge is -2.17. The molecule has 1 aliphatic rings. The number of rotatable bonds is 5. The minimum absolute atomic E-state index is 0.0719. The quantitative estimate of drug-likeness (QED) is 0.807. The molecular weight excluding hydrogens is 228 g/mol. The summed E-state index contributed by atoms with van der Waals surface area (Å²) in [5, 5.41) is 3.30. The first kappa shape index (κ1) is 12.9. The summed E-state index contributed by atoms with van der Waals surface area (Å²) in [6, 6.07) is 5.92. The summed E-state index contributed by atoms with van der Waals surface area (Å²) in [6.45, 7) is 2.37. The fraction of sp³-hybridized carbons (Fsp3) is 0.500. The average molecular weight is 248 g/mol. The molecule has 2 rings (SSSR count). The second-order valence-electron chi connectivity index (χ2n) is 4.62. The number of methoxy groups -OCH3 is 1. The second kappa shape index (κ2) is 5.87. The molecule has 4 nitrogen and oxygen atoms in total. The van der Waals surface area contributed by atoms with Gasteiger partial charge in [-0.1, -0.05) is 6.07 Å². The summed E-state index contributed by atoms with van der Waals surface area (Å²) < 4.78 is 4.99. The number of nitrogens with one attached hydrogen (secondary N) is 1. The van der Waals surface area contributed by atoms with Gasteiger partial charge in [0.05, 0.1) is 0 Å². The molecule has 1 aromatic carbocycles. The maximum absolute atomic E-state index is 12.2. The van der Waals surface area contributed by atoms with Gasteiger partial charge in [-0.15, -0.1) is 0 Å². The van der Waals surface area contributed by atoms with Crippen LogP contribution in [0.25, 0.3) is 0 Å². The molecule has 0 aromatic heterocycles. The van der Waals surface area contributed by atoms with Crippen LogP contribution in [0.15, 0.2) is 18.2 Å². The van der Waals surface area contributed by atoms with E-state index in [1.807, 2.05) is 25.2 Å². The summed E-state index contributed by atoms with van der Waals surface area (Å²) in [5.41, 5.74) is 3.16. The standard InChI is InChI=1S/C14H20N2O2/c1-16(8-3-9-18-2)14(17)12-5-4-11-6-7-15-13(11)10-12/h4-5,10,15H,3,6-9H2,1-2H3. The van der Waals surface area contributed by atoms with Crippen LogP contribution in [0.4, 0.5) is 5.69 Å². The normalized spacial score (nSPS) is 13.0. The maximum atomic E-state index is 12.2. The molecule has 0 fully saturated rings. The number of hydrogen-bond donors (Lipinski definition) is 1. The van der Waals surface area contributed by atoms with E-state index >= 15 is 0 Å². The monoisotopic (exact) mass is 248 g/mol. The van der Waals surface area contributed by atoms with E-state index in [2.05, 4.69) is 5.32 Å². The van der Waals surface area contributed by atoms with Crippen molar-refractivity contribution in [2.24, 2.45) is 0 Å². The fourth-order valence-corrected chi connectivity index (χ4v) is 2.19. The van der Waals surface area contributed by atoms with Gasteiger partial charge in [0, 0.05) is 45.1 Å². The molecule has 0 spiro atoms. The van der Waals surface area contributed by atoms with Gasteiger partial charge < -0.3 is 15.0 Å². The van der Waals surface area contributed by atoms with Crippen LogP contribution >= 0.6 is 0 Å². The molecule has 0 unspecified atom stereocenters. The molecule has 0 saturated carbocycles. The fourth-order valence-electron chi connectivity index (χ4n) is 2.19. The van der Waals surface area contributed by atoms with E-state index < -0.39 is 0 Å². The number of hydrogen-bond acceptors (Lipinski definition) is 3. The van der Waals surface area contributed by atoms with Crippen LogP contribution in [0.1, 0.15) is 22.3 Å². The van der Waals surface area contributed by atoms with Crippen molar-refractivity contribution in [3.05, 3.63) is 29.3 Å². The minimum Gasteiger partial charge on any atom is -0.385 e. The molecular formula is C14H20N2O2. The Morgan fingerprint density at radius 2 is 2.33 bits per heavy atom. The van der Waals surface area contributed by atoms with Gasteiger partial charge in [-0.25, -0.2) is 0 Å². The Hall–Kier alpha value is -1.55. The Morgan fingerprint density at radius 1 is 1.50 bits per heavy atom. The molecule has 0 bridgehead atoms. The first-order chi connectivity index (χ1) is 8.72. The topological polar surface area (TPSA) is 41.6 Å². The van der Waals surface area contributed by atoms with E-state index in [9.17, 15) is 4.79 Å². The highest BCUT2D eigenvalue weighted by atomic mass is 16.5. The zero-order valence-corrected chi connectivity index (χ0v) is 11.0. The summed E-state index contributed by atoms with van der Waals surface area (Å²) in [7, 11) is 3.51. The van der Waals surface area contributed by atoms with Crippen molar-refractivity contribution < 1.29 is 9.53 Å². The van der Waals surface area contributed by atoms with Crippen LogP contribution in [-0.2, 0) is 11.2 Å². The highest BCUT2D eigenvalue weighted by Gasteiger charge is 2.15. The number of carbonyl (C=O) groups is 1. The average Bonchev–Trinajstić information content (AvgIpc) is 2.85. The van der Waals surface area contributed by atoms with Crippen LogP contribution < -0.4 is 5.32 Å². The van der Waals surface area contributed by atoms with Crippen molar-refractivity contribution in [2.45, 2.75) is 12.8 Å². The van der Waals surface area contributed by atoms with Gasteiger partial charge in [0.2, 0.25) is 0 Å². The van der Waals surface area contributed by atoms with Crippen molar-refractivity contribution in [1.29, 1.82) is 0 Å². The van der Waals surface area contributed by atoms with Gasteiger partial charge in [-0.05, 0) is 30.5 Å². The predicted octanol–water partition coefficient (Wildman–Crippen LogP) is 1.76. The minimum atomic E-state index is 0.0719.